The zero-order valence-corrected chi connectivity index (χ0v) is 8.60. The van der Waals surface area contributed by atoms with Gasteiger partial charge in [0.25, 0.3) is 0 Å². The molecule has 0 saturated carbocycles. The number of amides is 1. The number of nitrogens with zero attached hydrogens (tertiary/aromatic N) is 2. The van der Waals surface area contributed by atoms with Crippen molar-refractivity contribution < 1.29 is 4.79 Å². The summed E-state index contributed by atoms with van der Waals surface area (Å²) in [5.41, 5.74) is 1.29. The van der Waals surface area contributed by atoms with Gasteiger partial charge in [-0.3, -0.25) is 9.78 Å². The fourth-order valence-electron chi connectivity index (χ4n) is 1.86. The molecule has 0 aliphatic carbocycles. The zero-order valence-electron chi connectivity index (χ0n) is 8.60. The number of carbonyl (C=O) groups excluding carboxylic acids is 1. The van der Waals surface area contributed by atoms with Gasteiger partial charge < -0.3 is 4.90 Å². The Bertz CT molecular complexity index is 355. The van der Waals surface area contributed by atoms with Crippen LogP contribution in [0.15, 0.2) is 37.2 Å². The van der Waals surface area contributed by atoms with E-state index in [1.54, 1.807) is 12.4 Å². The normalized spacial score (nSPS) is 15.9. The van der Waals surface area contributed by atoms with Crippen LogP contribution in [0.1, 0.15) is 5.56 Å². The van der Waals surface area contributed by atoms with E-state index in [0.717, 1.165) is 19.5 Å². The van der Waals surface area contributed by atoms with Crippen molar-refractivity contribution in [2.45, 2.75) is 6.42 Å². The van der Waals surface area contributed by atoms with Gasteiger partial charge in [0.15, 0.2) is 0 Å². The van der Waals surface area contributed by atoms with Gasteiger partial charge in [-0.05, 0) is 36.1 Å². The first-order valence-electron chi connectivity index (χ1n) is 5.10. The summed E-state index contributed by atoms with van der Waals surface area (Å²) < 4.78 is 0. The third kappa shape index (κ3) is 2.24. The van der Waals surface area contributed by atoms with Gasteiger partial charge in [-0.15, -0.1) is 0 Å². The smallest absolute Gasteiger partial charge is 0.245 e. The molecule has 0 unspecified atom stereocenters. The van der Waals surface area contributed by atoms with Crippen LogP contribution in [0, 0.1) is 5.92 Å². The summed E-state index contributed by atoms with van der Waals surface area (Å²) in [4.78, 5) is 17.0. The van der Waals surface area contributed by atoms with Gasteiger partial charge in [-0.25, -0.2) is 0 Å². The first-order valence-corrected chi connectivity index (χ1v) is 5.10. The number of hydrogen-bond donors (Lipinski definition) is 0. The minimum absolute atomic E-state index is 0.0426. The fourth-order valence-corrected chi connectivity index (χ4v) is 1.86. The minimum Gasteiger partial charge on any atom is -0.338 e. The molecule has 0 spiro atoms. The van der Waals surface area contributed by atoms with Crippen LogP contribution in [0.4, 0.5) is 0 Å². The highest BCUT2D eigenvalue weighted by atomic mass is 16.2. The topological polar surface area (TPSA) is 33.2 Å². The Balaban J connectivity index is 1.81. The summed E-state index contributed by atoms with van der Waals surface area (Å²) in [6, 6.07) is 4.05. The average molecular weight is 202 g/mol. The van der Waals surface area contributed by atoms with Gasteiger partial charge >= 0.3 is 0 Å². The van der Waals surface area contributed by atoms with Crippen molar-refractivity contribution in [1.82, 2.24) is 9.88 Å². The molecule has 0 radical (unpaired) electrons. The SMILES string of the molecule is C=CC(=O)N1CC(Cc2ccncc2)C1. The standard InChI is InChI=1S/C12H14N2O/c1-2-12(15)14-8-11(9-14)7-10-3-5-13-6-4-10/h2-6,11H,1,7-9H2. The largest absolute Gasteiger partial charge is 0.338 e. The van der Waals surface area contributed by atoms with Crippen LogP contribution in [0.2, 0.25) is 0 Å². The minimum atomic E-state index is 0.0426. The Labute approximate surface area is 89.4 Å². The highest BCUT2D eigenvalue weighted by Crippen LogP contribution is 2.20. The number of carbonyl (C=O) groups is 1. The van der Waals surface area contributed by atoms with Crippen LogP contribution in [-0.4, -0.2) is 28.9 Å². The maximum atomic E-state index is 11.2. The number of aromatic nitrogens is 1. The van der Waals surface area contributed by atoms with Gasteiger partial charge in [0.1, 0.15) is 0 Å². The first kappa shape index (κ1) is 9.90. The molecule has 0 N–H and O–H groups in total. The van der Waals surface area contributed by atoms with Crippen LogP contribution < -0.4 is 0 Å². The van der Waals surface area contributed by atoms with E-state index in [1.165, 1.54) is 11.6 Å². The lowest BCUT2D eigenvalue weighted by atomic mass is 9.92. The first-order chi connectivity index (χ1) is 7.29. The molecule has 1 saturated heterocycles. The average Bonchev–Trinajstić information content (AvgIpc) is 2.23. The van der Waals surface area contributed by atoms with Crippen LogP contribution in [-0.2, 0) is 11.2 Å². The number of pyridine rings is 1. The lowest BCUT2D eigenvalue weighted by Crippen LogP contribution is -2.50. The molecule has 1 aromatic heterocycles. The lowest BCUT2D eigenvalue weighted by Gasteiger charge is -2.38. The fraction of sp³-hybridized carbons (Fsp3) is 0.333. The van der Waals surface area contributed by atoms with Crippen LogP contribution >= 0.6 is 0 Å². The van der Waals surface area contributed by atoms with Crippen molar-refractivity contribution in [2.75, 3.05) is 13.1 Å². The van der Waals surface area contributed by atoms with Crippen molar-refractivity contribution in [3.05, 3.63) is 42.7 Å². The molecule has 1 amide bonds. The van der Waals surface area contributed by atoms with E-state index in [-0.39, 0.29) is 5.91 Å². The number of rotatable bonds is 3. The maximum absolute atomic E-state index is 11.2. The quantitative estimate of drug-likeness (QED) is 0.691. The molecule has 0 aromatic carbocycles. The van der Waals surface area contributed by atoms with E-state index in [0.29, 0.717) is 5.92 Å². The second-order valence-electron chi connectivity index (χ2n) is 3.87. The molecule has 0 atom stereocenters. The van der Waals surface area contributed by atoms with Crippen LogP contribution in [0.3, 0.4) is 0 Å². The Morgan fingerprint density at radius 2 is 2.20 bits per heavy atom. The van der Waals surface area contributed by atoms with Crippen molar-refractivity contribution in [3.63, 3.8) is 0 Å². The van der Waals surface area contributed by atoms with Gasteiger partial charge in [0.2, 0.25) is 5.91 Å². The Hall–Kier alpha value is -1.64. The molecule has 1 aliphatic rings. The second-order valence-corrected chi connectivity index (χ2v) is 3.87. The van der Waals surface area contributed by atoms with Crippen molar-refractivity contribution >= 4 is 5.91 Å². The highest BCUT2D eigenvalue weighted by Gasteiger charge is 2.28. The van der Waals surface area contributed by atoms with E-state index in [4.69, 9.17) is 0 Å². The zero-order chi connectivity index (χ0) is 10.7. The van der Waals surface area contributed by atoms with Crippen molar-refractivity contribution in [3.8, 4) is 0 Å². The third-order valence-electron chi connectivity index (χ3n) is 2.72. The summed E-state index contributed by atoms with van der Waals surface area (Å²) in [6.45, 7) is 5.18. The molecule has 1 fully saturated rings. The predicted octanol–water partition coefficient (Wildman–Crippen LogP) is 1.27. The monoisotopic (exact) mass is 202 g/mol. The summed E-state index contributed by atoms with van der Waals surface area (Å²) in [7, 11) is 0. The van der Waals surface area contributed by atoms with Gasteiger partial charge in [-0.2, -0.15) is 0 Å². The van der Waals surface area contributed by atoms with E-state index in [2.05, 4.69) is 11.6 Å². The molecular weight excluding hydrogens is 188 g/mol. The number of likely N-dealkylation sites (tertiary alicyclic amines) is 1. The Morgan fingerprint density at radius 3 is 2.80 bits per heavy atom. The Morgan fingerprint density at radius 1 is 1.53 bits per heavy atom. The molecule has 2 rings (SSSR count). The maximum Gasteiger partial charge on any atom is 0.245 e. The summed E-state index contributed by atoms with van der Waals surface area (Å²) in [5, 5.41) is 0. The second kappa shape index (κ2) is 4.26. The lowest BCUT2D eigenvalue weighted by molar-refractivity contribution is -0.132. The number of hydrogen-bond acceptors (Lipinski definition) is 2. The predicted molar refractivity (Wildman–Crippen MR) is 58.2 cm³/mol. The summed E-state index contributed by atoms with van der Waals surface area (Å²) >= 11 is 0. The van der Waals surface area contributed by atoms with Gasteiger partial charge in [0, 0.05) is 25.5 Å². The van der Waals surface area contributed by atoms with Gasteiger partial charge in [0.05, 0.1) is 0 Å². The summed E-state index contributed by atoms with van der Waals surface area (Å²) in [6.07, 6.45) is 6.02. The van der Waals surface area contributed by atoms with Crippen LogP contribution in [0.25, 0.3) is 0 Å². The van der Waals surface area contributed by atoms with E-state index >= 15 is 0 Å². The highest BCUT2D eigenvalue weighted by molar-refractivity contribution is 5.87. The molecule has 3 nitrogen and oxygen atoms in total. The molecular formula is C12H14N2O. The molecule has 1 aliphatic heterocycles. The molecule has 15 heavy (non-hydrogen) atoms. The molecule has 0 bridgehead atoms. The van der Waals surface area contributed by atoms with Crippen LogP contribution in [0.5, 0.6) is 0 Å². The van der Waals surface area contributed by atoms with Gasteiger partial charge in [-0.1, -0.05) is 6.58 Å². The van der Waals surface area contributed by atoms with Crippen molar-refractivity contribution in [2.24, 2.45) is 5.92 Å². The van der Waals surface area contributed by atoms with E-state index in [9.17, 15) is 4.79 Å². The van der Waals surface area contributed by atoms with E-state index in [1.807, 2.05) is 17.0 Å². The molecule has 78 valence electrons. The van der Waals surface area contributed by atoms with Crippen molar-refractivity contribution in [1.29, 1.82) is 0 Å². The Kier molecular flexibility index (Phi) is 2.81. The molecule has 1 aromatic rings. The third-order valence-corrected chi connectivity index (χ3v) is 2.72. The molecule has 2 heterocycles. The molecule has 3 heteroatoms. The van der Waals surface area contributed by atoms with E-state index < -0.39 is 0 Å². The summed E-state index contributed by atoms with van der Waals surface area (Å²) in [5.74, 6) is 0.636.